The van der Waals surface area contributed by atoms with Gasteiger partial charge in [-0.2, -0.15) is 0 Å². The molecule has 1 N–H and O–H groups in total. The van der Waals surface area contributed by atoms with Crippen LogP contribution in [0.3, 0.4) is 0 Å². The molecule has 0 aliphatic rings. The Labute approximate surface area is 118 Å². The summed E-state index contributed by atoms with van der Waals surface area (Å²) in [5, 5.41) is 0. The summed E-state index contributed by atoms with van der Waals surface area (Å²) in [7, 11) is 0. The predicted molar refractivity (Wildman–Crippen MR) is 77.4 cm³/mol. The number of H-pyrrole nitrogens is 1. The lowest BCUT2D eigenvalue weighted by molar-refractivity contribution is 0.242. The number of benzene rings is 1. The van der Waals surface area contributed by atoms with E-state index in [9.17, 15) is 0 Å². The summed E-state index contributed by atoms with van der Waals surface area (Å²) in [6, 6.07) is 8.04. The van der Waals surface area contributed by atoms with Crippen molar-refractivity contribution in [1.82, 2.24) is 4.98 Å². The number of hydrogen-bond acceptors (Lipinski definition) is 1. The molecule has 1 aromatic carbocycles. The van der Waals surface area contributed by atoms with E-state index < -0.39 is 0 Å². The van der Waals surface area contributed by atoms with Gasteiger partial charge in [0.15, 0.2) is 0 Å². The van der Waals surface area contributed by atoms with Crippen molar-refractivity contribution in [3.05, 3.63) is 39.4 Å². The summed E-state index contributed by atoms with van der Waals surface area (Å²) in [5.74, 6) is 0.866. The second-order valence-corrected chi connectivity index (χ2v) is 5.78. The topological polar surface area (TPSA) is 25.0 Å². The molecule has 0 aliphatic carbocycles. The van der Waals surface area contributed by atoms with Crippen LogP contribution in [0.4, 0.5) is 0 Å². The molecule has 2 aromatic rings. The van der Waals surface area contributed by atoms with E-state index in [-0.39, 0.29) is 6.10 Å². The van der Waals surface area contributed by atoms with Crippen LogP contribution in [0.25, 0.3) is 11.3 Å². The first-order valence-corrected chi connectivity index (χ1v) is 6.96. The molecule has 0 aliphatic heterocycles. The van der Waals surface area contributed by atoms with Gasteiger partial charge in [-0.1, -0.05) is 15.9 Å². The van der Waals surface area contributed by atoms with Gasteiger partial charge in [0.05, 0.1) is 10.6 Å². The van der Waals surface area contributed by atoms with Gasteiger partial charge in [0.1, 0.15) is 5.75 Å². The van der Waals surface area contributed by atoms with Crippen LogP contribution in [0, 0.1) is 0 Å². The van der Waals surface area contributed by atoms with Crippen LogP contribution in [-0.4, -0.2) is 11.1 Å². The average Bonchev–Trinajstić information content (AvgIpc) is 2.74. The summed E-state index contributed by atoms with van der Waals surface area (Å²) >= 11 is 7.04. The summed E-state index contributed by atoms with van der Waals surface area (Å²) in [6.07, 6.45) is 2.05. The maximum absolute atomic E-state index is 5.87. The quantitative estimate of drug-likeness (QED) is 0.820. The zero-order valence-corrected chi connectivity index (χ0v) is 12.8. The number of rotatable bonds is 3. The van der Waals surface area contributed by atoms with Gasteiger partial charge in [0, 0.05) is 21.9 Å². The number of ether oxygens (including phenoxy) is 1. The fourth-order valence-electron chi connectivity index (χ4n) is 1.61. The van der Waals surface area contributed by atoms with Crippen molar-refractivity contribution in [2.24, 2.45) is 0 Å². The highest BCUT2D eigenvalue weighted by Gasteiger charge is 2.13. The van der Waals surface area contributed by atoms with Crippen molar-refractivity contribution in [1.29, 1.82) is 0 Å². The van der Waals surface area contributed by atoms with Crippen LogP contribution >= 0.6 is 31.9 Å². The minimum Gasteiger partial charge on any atom is -0.489 e. The van der Waals surface area contributed by atoms with Gasteiger partial charge in [-0.15, -0.1) is 0 Å². The molecule has 0 fully saturated rings. The normalized spacial score (nSPS) is 10.9. The fourth-order valence-corrected chi connectivity index (χ4v) is 2.93. The third-order valence-electron chi connectivity index (χ3n) is 2.25. The zero-order valence-electron chi connectivity index (χ0n) is 9.63. The largest absolute Gasteiger partial charge is 0.489 e. The number of aromatic nitrogens is 1. The van der Waals surface area contributed by atoms with Crippen molar-refractivity contribution in [3.8, 4) is 17.0 Å². The third kappa shape index (κ3) is 2.93. The first-order chi connectivity index (χ1) is 8.08. The Bertz CT molecular complexity index is 506. The monoisotopic (exact) mass is 357 g/mol. The number of aromatic amines is 1. The molecule has 0 spiro atoms. The Hall–Kier alpha value is -0.740. The number of nitrogens with one attached hydrogen (secondary N) is 1. The maximum atomic E-state index is 5.87. The Morgan fingerprint density at radius 1 is 1.24 bits per heavy atom. The van der Waals surface area contributed by atoms with Crippen LogP contribution in [0.1, 0.15) is 13.8 Å². The molecular weight excluding hydrogens is 346 g/mol. The number of halogens is 2. The third-order valence-corrected chi connectivity index (χ3v) is 3.30. The molecule has 1 heterocycles. The fraction of sp³-hybridized carbons (Fsp3) is 0.231. The summed E-state index contributed by atoms with van der Waals surface area (Å²) in [6.45, 7) is 4.04. The smallest absolute Gasteiger partial charge is 0.143 e. The Balaban J connectivity index is 2.55. The minimum atomic E-state index is 0.140. The lowest BCUT2D eigenvalue weighted by Gasteiger charge is -2.16. The molecule has 0 bridgehead atoms. The second-order valence-electron chi connectivity index (χ2n) is 4.01. The lowest BCUT2D eigenvalue weighted by Crippen LogP contribution is -2.07. The van der Waals surface area contributed by atoms with E-state index >= 15 is 0 Å². The van der Waals surface area contributed by atoms with Crippen molar-refractivity contribution >= 4 is 31.9 Å². The van der Waals surface area contributed by atoms with Crippen LogP contribution < -0.4 is 4.74 Å². The molecule has 0 saturated heterocycles. The van der Waals surface area contributed by atoms with Crippen LogP contribution in [-0.2, 0) is 0 Å². The highest BCUT2D eigenvalue weighted by Crippen LogP contribution is 2.39. The minimum absolute atomic E-state index is 0.140. The molecule has 0 atom stereocenters. The van der Waals surface area contributed by atoms with E-state index in [4.69, 9.17) is 4.74 Å². The maximum Gasteiger partial charge on any atom is 0.143 e. The molecule has 2 nitrogen and oxygen atoms in total. The van der Waals surface area contributed by atoms with Crippen molar-refractivity contribution < 1.29 is 4.74 Å². The average molecular weight is 359 g/mol. The Morgan fingerprint density at radius 3 is 2.59 bits per heavy atom. The molecular formula is C13H13Br2NO. The van der Waals surface area contributed by atoms with Gasteiger partial charge in [-0.3, -0.25) is 0 Å². The molecule has 0 saturated carbocycles. The summed E-state index contributed by atoms with van der Waals surface area (Å²) in [4.78, 5) is 3.20. The highest BCUT2D eigenvalue weighted by atomic mass is 79.9. The van der Waals surface area contributed by atoms with E-state index in [1.54, 1.807) is 0 Å². The Morgan fingerprint density at radius 2 is 2.00 bits per heavy atom. The van der Waals surface area contributed by atoms with Crippen molar-refractivity contribution in [2.75, 3.05) is 0 Å². The van der Waals surface area contributed by atoms with Gasteiger partial charge < -0.3 is 9.72 Å². The SMILES string of the molecule is CC(C)Oc1c(Br)cc(Br)cc1-c1ccc[nH]1. The first kappa shape index (κ1) is 12.7. The number of hydrogen-bond donors (Lipinski definition) is 1. The molecule has 2 rings (SSSR count). The molecule has 17 heavy (non-hydrogen) atoms. The zero-order chi connectivity index (χ0) is 12.4. The Kier molecular flexibility index (Phi) is 3.94. The summed E-state index contributed by atoms with van der Waals surface area (Å²) in [5.41, 5.74) is 2.09. The van der Waals surface area contributed by atoms with Gasteiger partial charge in [-0.05, 0) is 54.0 Å². The molecule has 90 valence electrons. The van der Waals surface area contributed by atoms with Crippen LogP contribution in [0.5, 0.6) is 5.75 Å². The van der Waals surface area contributed by atoms with E-state index in [1.165, 1.54) is 0 Å². The lowest BCUT2D eigenvalue weighted by atomic mass is 10.1. The van der Waals surface area contributed by atoms with Crippen LogP contribution in [0.15, 0.2) is 39.4 Å². The molecule has 4 heteroatoms. The van der Waals surface area contributed by atoms with E-state index in [2.05, 4.69) is 36.8 Å². The molecule has 1 aromatic heterocycles. The van der Waals surface area contributed by atoms with Crippen molar-refractivity contribution in [2.45, 2.75) is 20.0 Å². The molecule has 0 unspecified atom stereocenters. The highest BCUT2D eigenvalue weighted by molar-refractivity contribution is 9.11. The van der Waals surface area contributed by atoms with E-state index in [1.807, 2.05) is 44.3 Å². The van der Waals surface area contributed by atoms with Gasteiger partial charge in [0.25, 0.3) is 0 Å². The first-order valence-electron chi connectivity index (χ1n) is 5.37. The predicted octanol–water partition coefficient (Wildman–Crippen LogP) is 4.99. The standard InChI is InChI=1S/C13H13Br2NO/c1-8(2)17-13-10(12-4-3-5-16-12)6-9(14)7-11(13)15/h3-8,16H,1-2H3. The summed E-state index contributed by atoms with van der Waals surface area (Å²) < 4.78 is 7.84. The van der Waals surface area contributed by atoms with Crippen LogP contribution in [0.2, 0.25) is 0 Å². The molecule has 0 amide bonds. The molecule has 0 radical (unpaired) electrons. The second kappa shape index (κ2) is 5.27. The van der Waals surface area contributed by atoms with Gasteiger partial charge in [0.2, 0.25) is 0 Å². The van der Waals surface area contributed by atoms with Gasteiger partial charge in [-0.25, -0.2) is 0 Å². The van der Waals surface area contributed by atoms with E-state index in [0.717, 1.165) is 26.0 Å². The van der Waals surface area contributed by atoms with E-state index in [0.29, 0.717) is 0 Å². The van der Waals surface area contributed by atoms with Crippen molar-refractivity contribution in [3.63, 3.8) is 0 Å². The van der Waals surface area contributed by atoms with Gasteiger partial charge >= 0.3 is 0 Å².